The second-order valence-electron chi connectivity index (χ2n) is 5.26. The van der Waals surface area contributed by atoms with Gasteiger partial charge in [-0.15, -0.1) is 11.3 Å². The number of rotatable bonds is 6. The lowest BCUT2D eigenvalue weighted by Gasteiger charge is -2.16. The van der Waals surface area contributed by atoms with Crippen molar-refractivity contribution in [3.05, 3.63) is 20.3 Å². The summed E-state index contributed by atoms with van der Waals surface area (Å²) in [5, 5.41) is 3.18. The number of carbonyl (C=O) groups is 1. The fourth-order valence-corrected chi connectivity index (χ4v) is 4.19. The van der Waals surface area contributed by atoms with Crippen molar-refractivity contribution in [2.75, 3.05) is 26.7 Å². The third-order valence-electron chi connectivity index (χ3n) is 3.70. The largest absolute Gasteiger partial charge is 0.342 e. The molecule has 1 aromatic heterocycles. The number of thiophene rings is 1. The zero-order valence-electron chi connectivity index (χ0n) is 11.6. The summed E-state index contributed by atoms with van der Waals surface area (Å²) < 4.78 is 1.46. The SMILES string of the molecule is CNC[C@H]1CCN(C(=O)CCCc2cc(Cl)sc2Cl)C1. The highest BCUT2D eigenvalue weighted by molar-refractivity contribution is 7.20. The van der Waals surface area contributed by atoms with E-state index >= 15 is 0 Å². The van der Waals surface area contributed by atoms with Crippen molar-refractivity contribution in [2.24, 2.45) is 5.92 Å². The molecule has 0 aromatic carbocycles. The predicted octanol–water partition coefficient (Wildman–Crippen LogP) is 3.45. The average Bonchev–Trinajstić information content (AvgIpc) is 2.97. The Morgan fingerprint density at radius 3 is 3.00 bits per heavy atom. The van der Waals surface area contributed by atoms with Crippen LogP contribution >= 0.6 is 34.5 Å². The van der Waals surface area contributed by atoms with Crippen LogP contribution in [0.5, 0.6) is 0 Å². The summed E-state index contributed by atoms with van der Waals surface area (Å²) in [6.07, 6.45) is 3.36. The lowest BCUT2D eigenvalue weighted by molar-refractivity contribution is -0.130. The van der Waals surface area contributed by atoms with E-state index < -0.39 is 0 Å². The van der Waals surface area contributed by atoms with Crippen LogP contribution in [0.2, 0.25) is 8.67 Å². The van der Waals surface area contributed by atoms with Crippen molar-refractivity contribution in [3.8, 4) is 0 Å². The van der Waals surface area contributed by atoms with Gasteiger partial charge in [-0.3, -0.25) is 4.79 Å². The van der Waals surface area contributed by atoms with E-state index in [-0.39, 0.29) is 5.91 Å². The molecule has 1 aliphatic rings. The first kappa shape index (κ1) is 16.1. The molecular weight excluding hydrogens is 315 g/mol. The highest BCUT2D eigenvalue weighted by Crippen LogP contribution is 2.32. The van der Waals surface area contributed by atoms with E-state index in [0.29, 0.717) is 16.7 Å². The number of nitrogens with one attached hydrogen (secondary N) is 1. The molecule has 20 heavy (non-hydrogen) atoms. The van der Waals surface area contributed by atoms with Crippen LogP contribution in [0.1, 0.15) is 24.8 Å². The molecule has 0 saturated carbocycles. The number of carbonyl (C=O) groups excluding carboxylic acids is 1. The van der Waals surface area contributed by atoms with Gasteiger partial charge in [-0.1, -0.05) is 23.2 Å². The van der Waals surface area contributed by atoms with Crippen molar-refractivity contribution in [1.82, 2.24) is 10.2 Å². The van der Waals surface area contributed by atoms with Gasteiger partial charge in [0.15, 0.2) is 0 Å². The van der Waals surface area contributed by atoms with E-state index in [2.05, 4.69) is 5.32 Å². The summed E-state index contributed by atoms with van der Waals surface area (Å²) in [6, 6.07) is 1.90. The number of nitrogens with zero attached hydrogens (tertiary/aromatic N) is 1. The van der Waals surface area contributed by atoms with Gasteiger partial charge in [-0.25, -0.2) is 0 Å². The number of aryl methyl sites for hydroxylation is 1. The van der Waals surface area contributed by atoms with E-state index in [0.717, 1.165) is 48.8 Å². The van der Waals surface area contributed by atoms with Gasteiger partial charge < -0.3 is 10.2 Å². The fourth-order valence-electron chi connectivity index (χ4n) is 2.65. The van der Waals surface area contributed by atoms with Gasteiger partial charge in [0.05, 0.1) is 8.67 Å². The Morgan fingerprint density at radius 2 is 2.35 bits per heavy atom. The molecule has 1 aliphatic heterocycles. The number of likely N-dealkylation sites (tertiary alicyclic amines) is 1. The molecule has 2 rings (SSSR count). The second-order valence-corrected chi connectivity index (χ2v) is 7.54. The Morgan fingerprint density at radius 1 is 1.55 bits per heavy atom. The van der Waals surface area contributed by atoms with Gasteiger partial charge in [0.2, 0.25) is 5.91 Å². The standard InChI is InChI=1S/C14H20Cl2N2OS/c1-17-8-10-5-6-18(9-10)13(19)4-2-3-11-7-12(15)20-14(11)16/h7,10,17H,2-6,8-9H2,1H3/t10-/m1/s1. The molecule has 0 spiro atoms. The Kier molecular flexibility index (Phi) is 6.15. The molecule has 112 valence electrons. The van der Waals surface area contributed by atoms with Crippen molar-refractivity contribution in [3.63, 3.8) is 0 Å². The first-order chi connectivity index (χ1) is 9.60. The maximum atomic E-state index is 12.1. The van der Waals surface area contributed by atoms with Crippen LogP contribution in [-0.2, 0) is 11.2 Å². The van der Waals surface area contributed by atoms with Crippen LogP contribution in [0, 0.1) is 5.92 Å². The quantitative estimate of drug-likeness (QED) is 0.864. The van der Waals surface area contributed by atoms with E-state index in [1.54, 1.807) is 0 Å². The van der Waals surface area contributed by atoms with E-state index in [9.17, 15) is 4.79 Å². The first-order valence-corrected chi connectivity index (χ1v) is 8.53. The molecule has 1 atom stereocenters. The smallest absolute Gasteiger partial charge is 0.222 e. The van der Waals surface area contributed by atoms with E-state index in [1.165, 1.54) is 11.3 Å². The number of hydrogen-bond acceptors (Lipinski definition) is 3. The molecular formula is C14H20Cl2N2OS. The molecule has 0 bridgehead atoms. The average molecular weight is 335 g/mol. The Hall–Kier alpha value is -0.290. The van der Waals surface area contributed by atoms with Crippen LogP contribution < -0.4 is 5.32 Å². The van der Waals surface area contributed by atoms with Crippen molar-refractivity contribution in [2.45, 2.75) is 25.7 Å². The van der Waals surface area contributed by atoms with Gasteiger partial charge in [0.1, 0.15) is 0 Å². The van der Waals surface area contributed by atoms with Gasteiger partial charge >= 0.3 is 0 Å². The topological polar surface area (TPSA) is 32.3 Å². The zero-order chi connectivity index (χ0) is 14.5. The molecule has 1 N–H and O–H groups in total. The van der Waals surface area contributed by atoms with Crippen LogP contribution in [0.4, 0.5) is 0 Å². The van der Waals surface area contributed by atoms with Crippen LogP contribution in [0.3, 0.4) is 0 Å². The van der Waals surface area contributed by atoms with Gasteiger partial charge in [-0.05, 0) is 50.4 Å². The summed E-state index contributed by atoms with van der Waals surface area (Å²) in [5.74, 6) is 0.870. The minimum atomic E-state index is 0.265. The van der Waals surface area contributed by atoms with E-state index in [4.69, 9.17) is 23.2 Å². The summed E-state index contributed by atoms with van der Waals surface area (Å²) in [7, 11) is 1.96. The maximum Gasteiger partial charge on any atom is 0.222 e. The molecule has 1 saturated heterocycles. The molecule has 0 aliphatic carbocycles. The predicted molar refractivity (Wildman–Crippen MR) is 85.9 cm³/mol. The molecule has 1 amide bonds. The Bertz CT molecular complexity index is 464. The number of halogens is 2. The summed E-state index contributed by atoms with van der Waals surface area (Å²) >= 11 is 13.4. The lowest BCUT2D eigenvalue weighted by atomic mass is 10.1. The normalized spacial score (nSPS) is 18.8. The first-order valence-electron chi connectivity index (χ1n) is 6.96. The molecule has 1 fully saturated rings. The minimum absolute atomic E-state index is 0.265. The molecule has 1 aromatic rings. The molecule has 2 heterocycles. The zero-order valence-corrected chi connectivity index (χ0v) is 14.0. The molecule has 0 radical (unpaired) electrons. The van der Waals surface area contributed by atoms with Gasteiger partial charge in [0, 0.05) is 19.5 Å². The fraction of sp³-hybridized carbons (Fsp3) is 0.643. The Labute approximate surface area is 134 Å². The highest BCUT2D eigenvalue weighted by atomic mass is 35.5. The highest BCUT2D eigenvalue weighted by Gasteiger charge is 2.25. The van der Waals surface area contributed by atoms with Crippen LogP contribution in [0.15, 0.2) is 6.07 Å². The summed E-state index contributed by atoms with van der Waals surface area (Å²) in [5.41, 5.74) is 1.06. The third kappa shape index (κ3) is 4.35. The van der Waals surface area contributed by atoms with Crippen LogP contribution in [-0.4, -0.2) is 37.5 Å². The van der Waals surface area contributed by atoms with Crippen molar-refractivity contribution in [1.29, 1.82) is 0 Å². The third-order valence-corrected chi connectivity index (χ3v) is 5.26. The monoisotopic (exact) mass is 334 g/mol. The second kappa shape index (κ2) is 7.64. The number of hydrogen-bond donors (Lipinski definition) is 1. The number of amides is 1. The van der Waals surface area contributed by atoms with Gasteiger partial charge in [0.25, 0.3) is 0 Å². The lowest BCUT2D eigenvalue weighted by Crippen LogP contribution is -2.30. The van der Waals surface area contributed by atoms with E-state index in [1.807, 2.05) is 18.0 Å². The van der Waals surface area contributed by atoms with Crippen molar-refractivity contribution < 1.29 is 4.79 Å². The minimum Gasteiger partial charge on any atom is -0.342 e. The Balaban J connectivity index is 1.72. The maximum absolute atomic E-state index is 12.1. The molecule has 3 nitrogen and oxygen atoms in total. The summed E-state index contributed by atoms with van der Waals surface area (Å²) in [6.45, 7) is 2.79. The van der Waals surface area contributed by atoms with Gasteiger partial charge in [-0.2, -0.15) is 0 Å². The molecule has 0 unspecified atom stereocenters. The van der Waals surface area contributed by atoms with Crippen LogP contribution in [0.25, 0.3) is 0 Å². The van der Waals surface area contributed by atoms with Crippen molar-refractivity contribution >= 4 is 40.4 Å². The molecule has 6 heteroatoms. The summed E-state index contributed by atoms with van der Waals surface area (Å²) in [4.78, 5) is 14.1.